The molecule has 0 bridgehead atoms. The van der Waals surface area contributed by atoms with Gasteiger partial charge in [0.05, 0.1) is 0 Å². The maximum Gasteiger partial charge on any atom is 0.325 e. The van der Waals surface area contributed by atoms with Gasteiger partial charge in [-0.15, -0.1) is 0 Å². The number of carbonyl (C=O) groups excluding carboxylic acids is 3. The number of imide groups is 1. The summed E-state index contributed by atoms with van der Waals surface area (Å²) in [5.41, 5.74) is -1.45. The molecule has 166 valence electrons. The van der Waals surface area contributed by atoms with Gasteiger partial charge in [-0.3, -0.25) is 14.5 Å². The first-order valence-corrected chi connectivity index (χ1v) is 10.3. The molecule has 2 rings (SSSR count). The van der Waals surface area contributed by atoms with Gasteiger partial charge in [0, 0.05) is 13.1 Å². The number of halogens is 2. The highest BCUT2D eigenvalue weighted by Crippen LogP contribution is 2.29. The van der Waals surface area contributed by atoms with Crippen molar-refractivity contribution in [3.05, 3.63) is 35.4 Å². The van der Waals surface area contributed by atoms with Crippen LogP contribution in [0.15, 0.2) is 18.2 Å². The number of benzene rings is 1. The van der Waals surface area contributed by atoms with Crippen molar-refractivity contribution in [2.45, 2.75) is 53.0 Å². The van der Waals surface area contributed by atoms with E-state index >= 15 is 0 Å². The van der Waals surface area contributed by atoms with E-state index in [2.05, 4.69) is 33.0 Å². The van der Waals surface area contributed by atoms with Gasteiger partial charge in [0.25, 0.3) is 5.91 Å². The fourth-order valence-corrected chi connectivity index (χ4v) is 3.27. The maximum absolute atomic E-state index is 13.7. The topological polar surface area (TPSA) is 69.7 Å². The molecule has 1 aromatic carbocycles. The summed E-state index contributed by atoms with van der Waals surface area (Å²) in [6, 6.07) is 2.31. The average molecular weight is 424 g/mol. The van der Waals surface area contributed by atoms with Gasteiger partial charge in [-0.1, -0.05) is 33.8 Å². The number of carbonyl (C=O) groups is 3. The summed E-state index contributed by atoms with van der Waals surface area (Å²) in [4.78, 5) is 40.9. The molecule has 0 aliphatic carbocycles. The quantitative estimate of drug-likeness (QED) is 0.617. The lowest BCUT2D eigenvalue weighted by Crippen LogP contribution is -2.45. The average Bonchev–Trinajstić information content (AvgIpc) is 2.87. The van der Waals surface area contributed by atoms with Crippen LogP contribution < -0.4 is 5.32 Å². The lowest BCUT2D eigenvalue weighted by Gasteiger charge is -2.27. The number of hydrogen-bond donors (Lipinski definition) is 1. The van der Waals surface area contributed by atoms with Crippen molar-refractivity contribution < 1.29 is 23.2 Å². The fourth-order valence-electron chi connectivity index (χ4n) is 3.27. The Kier molecular flexibility index (Phi) is 7.55. The molecule has 1 fully saturated rings. The van der Waals surface area contributed by atoms with E-state index in [9.17, 15) is 23.2 Å². The first kappa shape index (κ1) is 23.8. The molecule has 1 aromatic rings. The SMILES string of the molecule is CC(C)CCN(CCC(C)C)C(=O)CN1C(=O)NC(C)(c2ccc(F)c(F)c2)C1=O. The lowest BCUT2D eigenvalue weighted by molar-refractivity contribution is -0.139. The molecular formula is C22H31F2N3O3. The minimum Gasteiger partial charge on any atom is -0.341 e. The third-order valence-electron chi connectivity index (χ3n) is 5.37. The van der Waals surface area contributed by atoms with E-state index in [4.69, 9.17) is 0 Å². The van der Waals surface area contributed by atoms with E-state index < -0.39 is 29.1 Å². The largest absolute Gasteiger partial charge is 0.341 e. The molecule has 30 heavy (non-hydrogen) atoms. The van der Waals surface area contributed by atoms with E-state index in [1.165, 1.54) is 13.0 Å². The lowest BCUT2D eigenvalue weighted by atomic mass is 9.92. The van der Waals surface area contributed by atoms with Crippen LogP contribution in [0, 0.1) is 23.5 Å². The number of amides is 4. The van der Waals surface area contributed by atoms with Crippen LogP contribution in [-0.2, 0) is 15.1 Å². The molecule has 1 saturated heterocycles. The Hall–Kier alpha value is -2.51. The molecule has 1 N–H and O–H groups in total. The van der Waals surface area contributed by atoms with Crippen molar-refractivity contribution in [1.29, 1.82) is 0 Å². The molecule has 4 amide bonds. The van der Waals surface area contributed by atoms with Crippen molar-refractivity contribution in [3.8, 4) is 0 Å². The zero-order valence-corrected chi connectivity index (χ0v) is 18.3. The van der Waals surface area contributed by atoms with Crippen molar-refractivity contribution in [2.75, 3.05) is 19.6 Å². The molecule has 8 heteroatoms. The Labute approximate surface area is 176 Å². The molecule has 1 unspecified atom stereocenters. The predicted molar refractivity (Wildman–Crippen MR) is 109 cm³/mol. The van der Waals surface area contributed by atoms with Gasteiger partial charge in [0.15, 0.2) is 11.6 Å². The summed E-state index contributed by atoms with van der Waals surface area (Å²) in [6.07, 6.45) is 1.63. The van der Waals surface area contributed by atoms with Crippen molar-refractivity contribution in [2.24, 2.45) is 11.8 Å². The zero-order valence-electron chi connectivity index (χ0n) is 18.3. The Bertz CT molecular complexity index is 801. The number of nitrogens with zero attached hydrogens (tertiary/aromatic N) is 2. The molecule has 0 spiro atoms. The normalized spacial score (nSPS) is 19.0. The number of hydrogen-bond acceptors (Lipinski definition) is 3. The van der Waals surface area contributed by atoms with Crippen LogP contribution in [0.3, 0.4) is 0 Å². The van der Waals surface area contributed by atoms with Gasteiger partial charge in [-0.25, -0.2) is 13.6 Å². The molecular weight excluding hydrogens is 392 g/mol. The van der Waals surface area contributed by atoms with Crippen LogP contribution in [0.25, 0.3) is 0 Å². The molecule has 1 aliphatic heterocycles. The highest BCUT2D eigenvalue weighted by molar-refractivity contribution is 6.09. The van der Waals surface area contributed by atoms with Crippen molar-refractivity contribution in [1.82, 2.24) is 15.1 Å². The number of urea groups is 1. The summed E-state index contributed by atoms with van der Waals surface area (Å²) in [7, 11) is 0. The summed E-state index contributed by atoms with van der Waals surface area (Å²) < 4.78 is 26.9. The molecule has 1 aliphatic rings. The molecule has 1 heterocycles. The predicted octanol–water partition coefficient (Wildman–Crippen LogP) is 3.65. The fraction of sp³-hybridized carbons (Fsp3) is 0.591. The van der Waals surface area contributed by atoms with E-state index in [1.54, 1.807) is 4.90 Å². The van der Waals surface area contributed by atoms with E-state index in [1.807, 2.05) is 0 Å². The summed E-state index contributed by atoms with van der Waals surface area (Å²) in [5.74, 6) is -2.31. The second-order valence-electron chi connectivity index (χ2n) is 8.82. The molecule has 0 radical (unpaired) electrons. The van der Waals surface area contributed by atoms with Crippen molar-refractivity contribution >= 4 is 17.8 Å². The maximum atomic E-state index is 13.7. The molecule has 0 saturated carbocycles. The number of rotatable bonds is 9. The van der Waals surface area contributed by atoms with Gasteiger partial charge in [-0.05, 0) is 49.3 Å². The Balaban J connectivity index is 2.17. The van der Waals surface area contributed by atoms with Gasteiger partial charge >= 0.3 is 6.03 Å². The highest BCUT2D eigenvalue weighted by Gasteiger charge is 2.50. The van der Waals surface area contributed by atoms with Crippen LogP contribution in [0.5, 0.6) is 0 Å². The summed E-state index contributed by atoms with van der Waals surface area (Å²) in [6.45, 7) is 10.4. The minimum atomic E-state index is -1.56. The summed E-state index contributed by atoms with van der Waals surface area (Å²) >= 11 is 0. The van der Waals surface area contributed by atoms with Gasteiger partial charge in [-0.2, -0.15) is 0 Å². The van der Waals surface area contributed by atoms with Gasteiger partial charge < -0.3 is 10.2 Å². The zero-order chi connectivity index (χ0) is 22.6. The highest BCUT2D eigenvalue weighted by atomic mass is 19.2. The molecule has 6 nitrogen and oxygen atoms in total. The van der Waals surface area contributed by atoms with E-state index in [0.29, 0.717) is 24.9 Å². The van der Waals surface area contributed by atoms with Crippen LogP contribution in [0.2, 0.25) is 0 Å². The third kappa shape index (κ3) is 5.34. The van der Waals surface area contributed by atoms with Crippen LogP contribution in [0.4, 0.5) is 13.6 Å². The van der Waals surface area contributed by atoms with Gasteiger partial charge in [0.2, 0.25) is 5.91 Å². The van der Waals surface area contributed by atoms with Crippen molar-refractivity contribution in [3.63, 3.8) is 0 Å². The Morgan fingerprint density at radius 3 is 2.13 bits per heavy atom. The van der Waals surface area contributed by atoms with Gasteiger partial charge in [0.1, 0.15) is 12.1 Å². The standard InChI is InChI=1S/C22H31F2N3O3/c1-14(2)8-10-26(11-9-15(3)4)19(28)13-27-20(29)22(5,25-21(27)30)16-6-7-17(23)18(24)12-16/h6-7,12,14-15H,8-11,13H2,1-5H3,(H,25,30). The first-order valence-electron chi connectivity index (χ1n) is 10.3. The second-order valence-corrected chi connectivity index (χ2v) is 8.82. The van der Waals surface area contributed by atoms with Crippen LogP contribution in [-0.4, -0.2) is 47.3 Å². The Morgan fingerprint density at radius 2 is 1.63 bits per heavy atom. The Morgan fingerprint density at radius 1 is 1.07 bits per heavy atom. The molecule has 1 atom stereocenters. The second kappa shape index (κ2) is 9.53. The van der Waals surface area contributed by atoms with E-state index in [0.717, 1.165) is 29.9 Å². The first-order chi connectivity index (χ1) is 14.0. The third-order valence-corrected chi connectivity index (χ3v) is 5.37. The smallest absolute Gasteiger partial charge is 0.325 e. The summed E-state index contributed by atoms with van der Waals surface area (Å²) in [5, 5.41) is 2.52. The van der Waals surface area contributed by atoms with E-state index in [-0.39, 0.29) is 18.0 Å². The molecule has 0 aromatic heterocycles. The van der Waals surface area contributed by atoms with Crippen LogP contribution >= 0.6 is 0 Å². The number of nitrogens with one attached hydrogen (secondary N) is 1. The monoisotopic (exact) mass is 423 g/mol. The minimum absolute atomic E-state index is 0.117. The van der Waals surface area contributed by atoms with Crippen LogP contribution in [0.1, 0.15) is 53.0 Å².